The summed E-state index contributed by atoms with van der Waals surface area (Å²) in [7, 11) is 0. The van der Waals surface area contributed by atoms with Gasteiger partial charge in [0.05, 0.1) is 31.1 Å². The SMILES string of the molecule is O=C(O)c1cc(Cl)c(Cl)cc1C(=O)c1ccc(-c2ccccn2)s1. The van der Waals surface area contributed by atoms with Gasteiger partial charge >= 0.3 is 5.97 Å². The van der Waals surface area contributed by atoms with Crippen LogP contribution < -0.4 is 0 Å². The Hall–Kier alpha value is -2.21. The van der Waals surface area contributed by atoms with E-state index in [1.807, 2.05) is 12.1 Å². The van der Waals surface area contributed by atoms with Crippen LogP contribution in [0.4, 0.5) is 0 Å². The van der Waals surface area contributed by atoms with Gasteiger partial charge in [0.1, 0.15) is 0 Å². The fourth-order valence-electron chi connectivity index (χ4n) is 2.15. The number of carboxylic acid groups (broad SMARTS) is 1. The number of hydrogen-bond donors (Lipinski definition) is 1. The van der Waals surface area contributed by atoms with Crippen LogP contribution in [0, 0.1) is 0 Å². The Kier molecular flexibility index (Phi) is 4.66. The van der Waals surface area contributed by atoms with E-state index in [1.165, 1.54) is 23.5 Å². The van der Waals surface area contributed by atoms with Gasteiger partial charge in [-0.3, -0.25) is 9.78 Å². The van der Waals surface area contributed by atoms with Crippen molar-refractivity contribution in [1.29, 1.82) is 0 Å². The van der Waals surface area contributed by atoms with Crippen molar-refractivity contribution in [3.8, 4) is 10.6 Å². The van der Waals surface area contributed by atoms with E-state index >= 15 is 0 Å². The number of benzene rings is 1. The molecule has 0 atom stereocenters. The molecule has 0 fully saturated rings. The van der Waals surface area contributed by atoms with E-state index in [0.717, 1.165) is 10.6 Å². The number of aromatic carboxylic acids is 1. The Morgan fingerprint density at radius 2 is 1.71 bits per heavy atom. The average Bonchev–Trinajstić information content (AvgIpc) is 3.07. The zero-order valence-electron chi connectivity index (χ0n) is 12.0. The summed E-state index contributed by atoms with van der Waals surface area (Å²) >= 11 is 13.0. The first-order valence-corrected chi connectivity index (χ1v) is 8.33. The molecule has 2 aromatic heterocycles. The molecule has 0 saturated heterocycles. The van der Waals surface area contributed by atoms with E-state index < -0.39 is 11.8 Å². The second-order valence-corrected chi connectivity index (χ2v) is 6.72. The molecular weight excluding hydrogens is 369 g/mol. The molecule has 0 aliphatic rings. The summed E-state index contributed by atoms with van der Waals surface area (Å²) in [6, 6.07) is 11.4. The number of ketones is 1. The van der Waals surface area contributed by atoms with Gasteiger partial charge in [0.15, 0.2) is 0 Å². The molecule has 2 heterocycles. The standard InChI is InChI=1S/C17H9Cl2NO3S/c18-11-7-9(10(17(22)23)8-12(11)19)16(21)15-5-4-14(24-15)13-3-1-2-6-20-13/h1-8H,(H,22,23). The molecule has 0 radical (unpaired) electrons. The van der Waals surface area contributed by atoms with Gasteiger partial charge in [-0.25, -0.2) is 4.79 Å². The van der Waals surface area contributed by atoms with Crippen LogP contribution >= 0.6 is 34.5 Å². The highest BCUT2D eigenvalue weighted by atomic mass is 35.5. The van der Waals surface area contributed by atoms with Crippen molar-refractivity contribution in [3.63, 3.8) is 0 Å². The minimum Gasteiger partial charge on any atom is -0.478 e. The number of rotatable bonds is 4. The predicted octanol–water partition coefficient (Wildman–Crippen LogP) is 5.05. The van der Waals surface area contributed by atoms with Crippen molar-refractivity contribution in [2.75, 3.05) is 0 Å². The predicted molar refractivity (Wildman–Crippen MR) is 94.4 cm³/mol. The van der Waals surface area contributed by atoms with Gasteiger partial charge in [0.2, 0.25) is 5.78 Å². The second-order valence-electron chi connectivity index (χ2n) is 4.83. The lowest BCUT2D eigenvalue weighted by atomic mass is 10.0. The zero-order chi connectivity index (χ0) is 17.3. The smallest absolute Gasteiger partial charge is 0.336 e. The third-order valence-corrected chi connectivity index (χ3v) is 5.11. The van der Waals surface area contributed by atoms with Crippen molar-refractivity contribution in [2.24, 2.45) is 0 Å². The van der Waals surface area contributed by atoms with Gasteiger partial charge < -0.3 is 5.11 Å². The fraction of sp³-hybridized carbons (Fsp3) is 0. The Balaban J connectivity index is 2.03. The molecule has 0 amide bonds. The van der Waals surface area contributed by atoms with E-state index in [4.69, 9.17) is 23.2 Å². The lowest BCUT2D eigenvalue weighted by molar-refractivity contribution is 0.0693. The van der Waals surface area contributed by atoms with Crippen molar-refractivity contribution >= 4 is 46.3 Å². The molecule has 0 saturated carbocycles. The third-order valence-electron chi connectivity index (χ3n) is 3.28. The van der Waals surface area contributed by atoms with Gasteiger partial charge in [0, 0.05) is 11.8 Å². The number of halogens is 2. The Morgan fingerprint density at radius 1 is 1.00 bits per heavy atom. The number of pyridine rings is 1. The average molecular weight is 378 g/mol. The van der Waals surface area contributed by atoms with Gasteiger partial charge in [0.25, 0.3) is 0 Å². The summed E-state index contributed by atoms with van der Waals surface area (Å²) in [5, 5.41) is 9.52. The molecule has 120 valence electrons. The van der Waals surface area contributed by atoms with Crippen LogP contribution in [0.5, 0.6) is 0 Å². The maximum absolute atomic E-state index is 12.7. The van der Waals surface area contributed by atoms with E-state index in [2.05, 4.69) is 4.98 Å². The van der Waals surface area contributed by atoms with Crippen LogP contribution in [-0.4, -0.2) is 21.8 Å². The number of carboxylic acids is 1. The highest BCUT2D eigenvalue weighted by molar-refractivity contribution is 7.17. The minimum absolute atomic E-state index is 0.00585. The summed E-state index contributed by atoms with van der Waals surface area (Å²) in [6.45, 7) is 0. The van der Waals surface area contributed by atoms with Crippen LogP contribution in [0.2, 0.25) is 10.0 Å². The van der Waals surface area contributed by atoms with Gasteiger partial charge in [-0.15, -0.1) is 11.3 Å². The quantitative estimate of drug-likeness (QED) is 0.646. The molecule has 24 heavy (non-hydrogen) atoms. The van der Waals surface area contributed by atoms with Crippen LogP contribution in [0.1, 0.15) is 25.6 Å². The fourth-order valence-corrected chi connectivity index (χ4v) is 3.41. The Labute approximate surface area is 151 Å². The van der Waals surface area contributed by atoms with Crippen LogP contribution in [0.25, 0.3) is 10.6 Å². The van der Waals surface area contributed by atoms with Crippen molar-refractivity contribution < 1.29 is 14.7 Å². The molecule has 0 spiro atoms. The van der Waals surface area contributed by atoms with E-state index in [9.17, 15) is 14.7 Å². The topological polar surface area (TPSA) is 67.3 Å². The molecule has 1 aromatic carbocycles. The summed E-state index contributed by atoms with van der Waals surface area (Å²) < 4.78 is 0. The van der Waals surface area contributed by atoms with Gasteiger partial charge in [-0.1, -0.05) is 29.3 Å². The molecule has 0 aliphatic heterocycles. The van der Waals surface area contributed by atoms with Gasteiger partial charge in [-0.2, -0.15) is 0 Å². The molecule has 0 unspecified atom stereocenters. The number of thiophene rings is 1. The number of carbonyl (C=O) groups excluding carboxylic acids is 1. The first-order chi connectivity index (χ1) is 11.5. The monoisotopic (exact) mass is 377 g/mol. The zero-order valence-corrected chi connectivity index (χ0v) is 14.3. The normalized spacial score (nSPS) is 10.6. The number of hydrogen-bond acceptors (Lipinski definition) is 4. The number of aromatic nitrogens is 1. The van der Waals surface area contributed by atoms with Crippen molar-refractivity contribution in [1.82, 2.24) is 4.98 Å². The summed E-state index contributed by atoms with van der Waals surface area (Å²) in [5.74, 6) is -1.66. The molecule has 0 aliphatic carbocycles. The lowest BCUT2D eigenvalue weighted by Crippen LogP contribution is -2.09. The number of nitrogens with zero attached hydrogens (tertiary/aromatic N) is 1. The third kappa shape index (κ3) is 3.19. The maximum atomic E-state index is 12.7. The highest BCUT2D eigenvalue weighted by Gasteiger charge is 2.22. The molecular formula is C17H9Cl2NO3S. The molecule has 1 N–H and O–H groups in total. The van der Waals surface area contributed by atoms with E-state index in [-0.39, 0.29) is 21.2 Å². The Morgan fingerprint density at radius 3 is 2.33 bits per heavy atom. The lowest BCUT2D eigenvalue weighted by Gasteiger charge is -2.06. The molecule has 3 aromatic rings. The minimum atomic E-state index is -1.24. The summed E-state index contributed by atoms with van der Waals surface area (Å²) in [5.41, 5.74) is 0.572. The van der Waals surface area contributed by atoms with Crippen molar-refractivity contribution in [2.45, 2.75) is 0 Å². The molecule has 0 bridgehead atoms. The number of carbonyl (C=O) groups is 2. The van der Waals surface area contributed by atoms with Crippen LogP contribution in [0.3, 0.4) is 0 Å². The van der Waals surface area contributed by atoms with E-state index in [0.29, 0.717) is 4.88 Å². The van der Waals surface area contributed by atoms with Gasteiger partial charge in [-0.05, 0) is 36.4 Å². The second kappa shape index (κ2) is 6.73. The summed E-state index contributed by atoms with van der Waals surface area (Å²) in [6.07, 6.45) is 1.66. The van der Waals surface area contributed by atoms with E-state index in [1.54, 1.807) is 24.4 Å². The molecule has 7 heteroatoms. The molecule has 4 nitrogen and oxygen atoms in total. The van der Waals surface area contributed by atoms with Crippen molar-refractivity contribution in [3.05, 3.63) is 74.7 Å². The summed E-state index contributed by atoms with van der Waals surface area (Å²) in [4.78, 5) is 29.5. The van der Waals surface area contributed by atoms with Crippen LogP contribution in [0.15, 0.2) is 48.7 Å². The Bertz CT molecular complexity index is 938. The van der Waals surface area contributed by atoms with Crippen LogP contribution in [-0.2, 0) is 0 Å². The first kappa shape index (κ1) is 16.6. The first-order valence-electron chi connectivity index (χ1n) is 6.75. The highest BCUT2D eigenvalue weighted by Crippen LogP contribution is 2.31. The maximum Gasteiger partial charge on any atom is 0.336 e. The largest absolute Gasteiger partial charge is 0.478 e. The molecule has 3 rings (SSSR count).